The van der Waals surface area contributed by atoms with Gasteiger partial charge in [0, 0.05) is 26.3 Å². The monoisotopic (exact) mass is 388 g/mol. The highest BCUT2D eigenvalue weighted by atomic mass is 32.2. The third-order valence-electron chi connectivity index (χ3n) is 3.46. The Morgan fingerprint density at radius 3 is 2.17 bits per heavy atom. The second kappa shape index (κ2) is 7.22. The van der Waals surface area contributed by atoms with Crippen molar-refractivity contribution in [3.8, 4) is 0 Å². The molecule has 0 unspecified atom stereocenters. The number of hydrogen-bond acceptors (Lipinski definition) is 6. The van der Waals surface area contributed by atoms with Crippen LogP contribution >= 0.6 is 11.3 Å². The first-order valence-electron chi connectivity index (χ1n) is 7.10. The van der Waals surface area contributed by atoms with Crippen LogP contribution in [0.2, 0.25) is 0 Å². The Morgan fingerprint density at radius 2 is 1.71 bits per heavy atom. The fraction of sp³-hybridized carbons (Fsp3) is 0.333. The zero-order chi connectivity index (χ0) is 18.0. The number of nitrogens with zero attached hydrogens (tertiary/aromatic N) is 1. The van der Waals surface area contributed by atoms with E-state index in [0.29, 0.717) is 5.56 Å². The maximum atomic E-state index is 12.9. The molecule has 2 aromatic rings. The normalized spacial score (nSPS) is 13.6. The molecular formula is C15H20N2O4S3. The largest absolute Gasteiger partial charge is 0.378 e. The van der Waals surface area contributed by atoms with Crippen molar-refractivity contribution in [2.75, 3.05) is 31.8 Å². The molecule has 1 aromatic carbocycles. The number of hydrogen-bond donors (Lipinski definition) is 1. The standard InChI is InChI=1S/C15H20N2O4S3/c1-17(2)13-8-6-12(7-9-13)14(11-16-23(3,18)19)24(20,21)15-5-4-10-22-15/h4-10,14,16H,11H2,1-3H3/t14-/m0/s1. The van der Waals surface area contributed by atoms with Crippen LogP contribution in [-0.2, 0) is 19.9 Å². The van der Waals surface area contributed by atoms with E-state index in [0.717, 1.165) is 23.3 Å². The van der Waals surface area contributed by atoms with E-state index in [1.54, 1.807) is 23.6 Å². The van der Waals surface area contributed by atoms with E-state index in [9.17, 15) is 16.8 Å². The van der Waals surface area contributed by atoms with Gasteiger partial charge in [-0.25, -0.2) is 21.6 Å². The van der Waals surface area contributed by atoms with Crippen molar-refractivity contribution in [3.63, 3.8) is 0 Å². The van der Waals surface area contributed by atoms with E-state index >= 15 is 0 Å². The molecule has 132 valence electrons. The third-order valence-corrected chi connectivity index (χ3v) is 7.69. The van der Waals surface area contributed by atoms with Gasteiger partial charge in [0.2, 0.25) is 10.0 Å². The molecule has 9 heteroatoms. The van der Waals surface area contributed by atoms with E-state index in [2.05, 4.69) is 4.72 Å². The molecule has 0 bridgehead atoms. The maximum Gasteiger partial charge on any atom is 0.208 e. The van der Waals surface area contributed by atoms with Crippen molar-refractivity contribution in [3.05, 3.63) is 47.3 Å². The molecule has 0 aliphatic carbocycles. The van der Waals surface area contributed by atoms with Crippen LogP contribution in [0.15, 0.2) is 46.0 Å². The fourth-order valence-corrected chi connectivity index (χ4v) is 5.63. The van der Waals surface area contributed by atoms with Crippen LogP contribution in [0.5, 0.6) is 0 Å². The first-order valence-corrected chi connectivity index (χ1v) is 11.4. The predicted molar refractivity (Wildman–Crippen MR) is 97.9 cm³/mol. The lowest BCUT2D eigenvalue weighted by atomic mass is 10.1. The van der Waals surface area contributed by atoms with Crippen molar-refractivity contribution in [2.45, 2.75) is 9.46 Å². The molecule has 0 spiro atoms. The molecule has 0 aliphatic rings. The third kappa shape index (κ3) is 4.56. The quantitative estimate of drug-likeness (QED) is 0.783. The highest BCUT2D eigenvalue weighted by molar-refractivity contribution is 7.93. The number of nitrogens with one attached hydrogen (secondary N) is 1. The molecule has 2 rings (SSSR count). The summed E-state index contributed by atoms with van der Waals surface area (Å²) in [6.07, 6.45) is 1.01. The van der Waals surface area contributed by atoms with Crippen LogP contribution in [0.4, 0.5) is 5.69 Å². The summed E-state index contributed by atoms with van der Waals surface area (Å²) in [7, 11) is -3.41. The summed E-state index contributed by atoms with van der Waals surface area (Å²) in [6, 6.07) is 10.2. The number of benzene rings is 1. The van der Waals surface area contributed by atoms with Crippen LogP contribution in [0.25, 0.3) is 0 Å². The van der Waals surface area contributed by atoms with Crippen molar-refractivity contribution in [2.24, 2.45) is 0 Å². The van der Waals surface area contributed by atoms with Gasteiger partial charge in [-0.05, 0) is 29.1 Å². The van der Waals surface area contributed by atoms with Gasteiger partial charge in [-0.3, -0.25) is 0 Å². The molecule has 0 radical (unpaired) electrons. The van der Waals surface area contributed by atoms with Gasteiger partial charge in [0.15, 0.2) is 9.84 Å². The molecule has 0 fully saturated rings. The van der Waals surface area contributed by atoms with Crippen molar-refractivity contribution >= 4 is 36.9 Å². The van der Waals surface area contributed by atoms with Crippen LogP contribution in [-0.4, -0.2) is 43.7 Å². The number of sulfone groups is 1. The van der Waals surface area contributed by atoms with Crippen LogP contribution in [0, 0.1) is 0 Å². The smallest absolute Gasteiger partial charge is 0.208 e. The lowest BCUT2D eigenvalue weighted by Gasteiger charge is -2.19. The van der Waals surface area contributed by atoms with Crippen molar-refractivity contribution in [1.82, 2.24) is 4.72 Å². The summed E-state index contributed by atoms with van der Waals surface area (Å²) in [5.41, 5.74) is 1.48. The molecule has 0 aliphatic heterocycles. The Balaban J connectivity index is 2.43. The molecule has 0 saturated heterocycles. The zero-order valence-electron chi connectivity index (χ0n) is 13.6. The molecule has 0 saturated carbocycles. The second-order valence-corrected chi connectivity index (χ2v) is 10.7. The van der Waals surface area contributed by atoms with Gasteiger partial charge in [0.1, 0.15) is 9.46 Å². The van der Waals surface area contributed by atoms with Gasteiger partial charge >= 0.3 is 0 Å². The Kier molecular flexibility index (Phi) is 5.69. The SMILES string of the molecule is CN(C)c1ccc([C@H](CNS(C)(=O)=O)S(=O)(=O)c2cccs2)cc1. The minimum absolute atomic E-state index is 0.208. The molecule has 1 heterocycles. The van der Waals surface area contributed by atoms with Gasteiger partial charge in [-0.1, -0.05) is 18.2 Å². The average molecular weight is 389 g/mol. The Hall–Kier alpha value is -1.42. The summed E-state index contributed by atoms with van der Waals surface area (Å²) in [4.78, 5) is 1.90. The summed E-state index contributed by atoms with van der Waals surface area (Å²) in [6.45, 7) is -0.208. The molecule has 24 heavy (non-hydrogen) atoms. The lowest BCUT2D eigenvalue weighted by molar-refractivity contribution is 0.573. The van der Waals surface area contributed by atoms with E-state index < -0.39 is 25.1 Å². The molecular weight excluding hydrogens is 368 g/mol. The van der Waals surface area contributed by atoms with E-state index in [1.807, 2.05) is 31.1 Å². The maximum absolute atomic E-state index is 12.9. The first-order chi connectivity index (χ1) is 11.1. The van der Waals surface area contributed by atoms with Crippen LogP contribution < -0.4 is 9.62 Å². The highest BCUT2D eigenvalue weighted by Gasteiger charge is 2.30. The predicted octanol–water partition coefficient (Wildman–Crippen LogP) is 1.88. The van der Waals surface area contributed by atoms with Gasteiger partial charge in [-0.2, -0.15) is 0 Å². The highest BCUT2D eigenvalue weighted by Crippen LogP contribution is 2.32. The number of thiophene rings is 1. The molecule has 0 amide bonds. The van der Waals surface area contributed by atoms with E-state index in [1.165, 1.54) is 6.07 Å². The Morgan fingerprint density at radius 1 is 1.08 bits per heavy atom. The number of rotatable bonds is 7. The van der Waals surface area contributed by atoms with Gasteiger partial charge in [0.05, 0.1) is 6.26 Å². The van der Waals surface area contributed by atoms with Gasteiger partial charge in [0.25, 0.3) is 0 Å². The Labute approximate surface area is 147 Å². The number of anilines is 1. The summed E-state index contributed by atoms with van der Waals surface area (Å²) >= 11 is 1.12. The topological polar surface area (TPSA) is 83.6 Å². The van der Waals surface area contributed by atoms with Crippen LogP contribution in [0.1, 0.15) is 10.8 Å². The minimum Gasteiger partial charge on any atom is -0.378 e. The van der Waals surface area contributed by atoms with Crippen LogP contribution in [0.3, 0.4) is 0 Å². The Bertz CT molecular complexity index is 871. The molecule has 1 aromatic heterocycles. The molecule has 1 atom stereocenters. The van der Waals surface area contributed by atoms with Crippen molar-refractivity contribution in [1.29, 1.82) is 0 Å². The average Bonchev–Trinajstić information content (AvgIpc) is 3.01. The zero-order valence-corrected chi connectivity index (χ0v) is 16.1. The minimum atomic E-state index is -3.69. The summed E-state index contributed by atoms with van der Waals surface area (Å²) in [5.74, 6) is 0. The fourth-order valence-electron chi connectivity index (χ4n) is 2.19. The first kappa shape index (κ1) is 18.9. The summed E-state index contributed by atoms with van der Waals surface area (Å²) < 4.78 is 51.2. The van der Waals surface area contributed by atoms with E-state index in [-0.39, 0.29) is 10.8 Å². The number of sulfonamides is 1. The molecule has 6 nitrogen and oxygen atoms in total. The van der Waals surface area contributed by atoms with Gasteiger partial charge in [-0.15, -0.1) is 11.3 Å². The van der Waals surface area contributed by atoms with E-state index in [4.69, 9.17) is 0 Å². The summed E-state index contributed by atoms with van der Waals surface area (Å²) in [5, 5.41) is 0.699. The molecule has 1 N–H and O–H groups in total. The second-order valence-electron chi connectivity index (χ2n) is 5.57. The van der Waals surface area contributed by atoms with Gasteiger partial charge < -0.3 is 4.90 Å². The lowest BCUT2D eigenvalue weighted by Crippen LogP contribution is -2.31. The van der Waals surface area contributed by atoms with Crippen molar-refractivity contribution < 1.29 is 16.8 Å².